The predicted molar refractivity (Wildman–Crippen MR) is 127 cm³/mol. The van der Waals surface area contributed by atoms with E-state index in [1.807, 2.05) is 24.3 Å². The van der Waals surface area contributed by atoms with Crippen molar-refractivity contribution in [1.29, 1.82) is 5.26 Å². The molecular formula is C21H27N3O7S2. The first-order valence-electron chi connectivity index (χ1n) is 9.90. The van der Waals surface area contributed by atoms with E-state index in [4.69, 9.17) is 32.1 Å². The van der Waals surface area contributed by atoms with Gasteiger partial charge >= 0.3 is 10.4 Å². The summed E-state index contributed by atoms with van der Waals surface area (Å²) >= 11 is 1.68. The third-order valence-corrected chi connectivity index (χ3v) is 5.91. The van der Waals surface area contributed by atoms with Crippen molar-refractivity contribution >= 4 is 38.4 Å². The van der Waals surface area contributed by atoms with Crippen molar-refractivity contribution in [2.75, 3.05) is 58.5 Å². The Labute approximate surface area is 197 Å². The zero-order chi connectivity index (χ0) is 24.4. The molecule has 2 aromatic rings. The molecule has 0 saturated carbocycles. The Balaban J connectivity index is 0.000000696. The Bertz CT molecular complexity index is 1080. The summed E-state index contributed by atoms with van der Waals surface area (Å²) in [5.74, 6) is 1.25. The standard InChI is InChI=1S/C21H25N3O3S.H2O4S/c1-26-19-5-3-16(14-20(19)27-2)17(15-22)13-18-4-6-21(28-18)24-9-7-23(8-10-24)11-12-25;1-5(2,3)4/h3-6,13-14,25H,7-12H2,1-2H3;(H2,1,2,3,4). The van der Waals surface area contributed by atoms with Crippen LogP contribution in [0, 0.1) is 11.3 Å². The van der Waals surface area contributed by atoms with E-state index in [0.717, 1.165) is 43.2 Å². The molecule has 1 fully saturated rings. The molecule has 0 aliphatic carbocycles. The molecule has 0 spiro atoms. The molecule has 0 radical (unpaired) electrons. The van der Waals surface area contributed by atoms with Crippen LogP contribution in [-0.2, 0) is 10.4 Å². The lowest BCUT2D eigenvalue weighted by Crippen LogP contribution is -2.46. The summed E-state index contributed by atoms with van der Waals surface area (Å²) in [6.45, 7) is 4.76. The maximum atomic E-state index is 9.64. The van der Waals surface area contributed by atoms with Gasteiger partial charge in [0.15, 0.2) is 11.5 Å². The van der Waals surface area contributed by atoms with E-state index in [1.54, 1.807) is 25.6 Å². The number of ether oxygens (including phenoxy) is 2. The van der Waals surface area contributed by atoms with Crippen molar-refractivity contribution in [3.8, 4) is 17.6 Å². The van der Waals surface area contributed by atoms with E-state index in [1.165, 1.54) is 5.00 Å². The summed E-state index contributed by atoms with van der Waals surface area (Å²) in [5, 5.41) is 19.9. The topological polar surface area (TPSA) is 144 Å². The van der Waals surface area contributed by atoms with Crippen LogP contribution in [0.15, 0.2) is 30.3 Å². The third kappa shape index (κ3) is 8.65. The molecule has 0 amide bonds. The van der Waals surface area contributed by atoms with E-state index >= 15 is 0 Å². The summed E-state index contributed by atoms with van der Waals surface area (Å²) < 4.78 is 42.2. The van der Waals surface area contributed by atoms with Crippen LogP contribution in [-0.4, -0.2) is 81.1 Å². The van der Waals surface area contributed by atoms with Gasteiger partial charge in [-0.2, -0.15) is 13.7 Å². The number of nitrogens with zero attached hydrogens (tertiary/aromatic N) is 3. The van der Waals surface area contributed by atoms with Gasteiger partial charge in [-0.05, 0) is 42.0 Å². The zero-order valence-electron chi connectivity index (χ0n) is 18.3. The van der Waals surface area contributed by atoms with Gasteiger partial charge in [-0.15, -0.1) is 11.3 Å². The molecule has 0 bridgehead atoms. The Morgan fingerprint density at radius 1 is 1.12 bits per heavy atom. The second kappa shape index (κ2) is 12.5. The fourth-order valence-electron chi connectivity index (χ4n) is 3.25. The van der Waals surface area contributed by atoms with Crippen molar-refractivity contribution in [3.63, 3.8) is 0 Å². The lowest BCUT2D eigenvalue weighted by molar-refractivity contribution is 0.189. The van der Waals surface area contributed by atoms with Gasteiger partial charge in [0.05, 0.1) is 37.5 Å². The van der Waals surface area contributed by atoms with Gasteiger partial charge in [0.25, 0.3) is 0 Å². The molecule has 0 atom stereocenters. The molecule has 1 aromatic heterocycles. The van der Waals surface area contributed by atoms with Crippen LogP contribution >= 0.6 is 11.3 Å². The number of allylic oxidation sites excluding steroid dienone is 1. The normalized spacial score (nSPS) is 14.8. The van der Waals surface area contributed by atoms with E-state index in [0.29, 0.717) is 17.1 Å². The first-order valence-corrected chi connectivity index (χ1v) is 12.1. The molecule has 12 heteroatoms. The van der Waals surface area contributed by atoms with Crippen LogP contribution in [0.3, 0.4) is 0 Å². The van der Waals surface area contributed by atoms with Crippen LogP contribution in [0.2, 0.25) is 0 Å². The summed E-state index contributed by atoms with van der Waals surface area (Å²) in [5.41, 5.74) is 1.38. The minimum absolute atomic E-state index is 0.209. The number of methoxy groups -OCH3 is 2. The first kappa shape index (κ1) is 26.6. The van der Waals surface area contributed by atoms with Crippen LogP contribution < -0.4 is 14.4 Å². The Morgan fingerprint density at radius 2 is 1.76 bits per heavy atom. The largest absolute Gasteiger partial charge is 0.493 e. The Hall–Kier alpha value is -2.66. The summed E-state index contributed by atoms with van der Waals surface area (Å²) in [7, 11) is -1.49. The highest BCUT2D eigenvalue weighted by Crippen LogP contribution is 2.33. The number of hydrogen-bond donors (Lipinski definition) is 3. The quantitative estimate of drug-likeness (QED) is 0.385. The number of hydrogen-bond acceptors (Lipinski definition) is 9. The monoisotopic (exact) mass is 497 g/mol. The minimum atomic E-state index is -4.67. The van der Waals surface area contributed by atoms with E-state index in [2.05, 4.69) is 28.0 Å². The minimum Gasteiger partial charge on any atom is -0.493 e. The van der Waals surface area contributed by atoms with Crippen LogP contribution in [0.1, 0.15) is 10.4 Å². The molecule has 1 aliphatic rings. The first-order chi connectivity index (χ1) is 15.7. The molecule has 3 N–H and O–H groups in total. The molecule has 1 aliphatic heterocycles. The number of aliphatic hydroxyl groups is 1. The molecule has 1 saturated heterocycles. The lowest BCUT2D eigenvalue weighted by atomic mass is 10.1. The van der Waals surface area contributed by atoms with Crippen LogP contribution in [0.5, 0.6) is 11.5 Å². The Kier molecular flexibility index (Phi) is 10.1. The van der Waals surface area contributed by atoms with Gasteiger partial charge in [0, 0.05) is 37.6 Å². The van der Waals surface area contributed by atoms with Gasteiger partial charge < -0.3 is 19.5 Å². The summed E-state index contributed by atoms with van der Waals surface area (Å²) in [6, 6.07) is 12.0. The number of rotatable bonds is 7. The van der Waals surface area contributed by atoms with Gasteiger partial charge in [-0.3, -0.25) is 14.0 Å². The molecule has 2 heterocycles. The molecule has 10 nitrogen and oxygen atoms in total. The van der Waals surface area contributed by atoms with E-state index in [-0.39, 0.29) is 6.61 Å². The molecule has 33 heavy (non-hydrogen) atoms. The number of anilines is 1. The lowest BCUT2D eigenvalue weighted by Gasteiger charge is -2.34. The highest BCUT2D eigenvalue weighted by molar-refractivity contribution is 7.79. The summed E-state index contributed by atoms with van der Waals surface area (Å²) in [4.78, 5) is 5.67. The number of aliphatic hydroxyl groups excluding tert-OH is 1. The molecule has 3 rings (SSSR count). The average molecular weight is 498 g/mol. The predicted octanol–water partition coefficient (Wildman–Crippen LogP) is 2.29. The second-order valence-corrected chi connectivity index (χ2v) is 8.91. The fourth-order valence-corrected chi connectivity index (χ4v) is 4.25. The molecule has 1 aromatic carbocycles. The number of benzene rings is 1. The molecule has 180 valence electrons. The van der Waals surface area contributed by atoms with Crippen LogP contribution in [0.25, 0.3) is 11.6 Å². The van der Waals surface area contributed by atoms with Crippen LogP contribution in [0.4, 0.5) is 5.00 Å². The van der Waals surface area contributed by atoms with Gasteiger partial charge in [0.1, 0.15) is 0 Å². The number of piperazine rings is 1. The van der Waals surface area contributed by atoms with Crippen molar-refractivity contribution in [1.82, 2.24) is 4.90 Å². The smallest absolute Gasteiger partial charge is 0.394 e. The number of nitriles is 1. The SMILES string of the molecule is COc1ccc(C(C#N)=Cc2ccc(N3CCN(CCO)CC3)s2)cc1OC.O=S(=O)(O)O. The van der Waals surface area contributed by atoms with Gasteiger partial charge in [0.2, 0.25) is 0 Å². The van der Waals surface area contributed by atoms with E-state index < -0.39 is 10.4 Å². The molecule has 0 unspecified atom stereocenters. The fraction of sp³-hybridized carbons (Fsp3) is 0.381. The van der Waals surface area contributed by atoms with Gasteiger partial charge in [-0.25, -0.2) is 0 Å². The zero-order valence-corrected chi connectivity index (χ0v) is 20.0. The van der Waals surface area contributed by atoms with Crippen molar-refractivity contribution in [2.24, 2.45) is 0 Å². The highest BCUT2D eigenvalue weighted by Gasteiger charge is 2.18. The van der Waals surface area contributed by atoms with Crippen molar-refractivity contribution in [2.45, 2.75) is 0 Å². The average Bonchev–Trinajstić information content (AvgIpc) is 3.25. The number of thiophene rings is 1. The third-order valence-electron chi connectivity index (χ3n) is 4.81. The maximum Gasteiger partial charge on any atom is 0.394 e. The second-order valence-electron chi connectivity index (χ2n) is 6.92. The number of β-amino-alcohol motifs (C(OH)–C–C–N with tert-alkyl or cyclic N) is 1. The Morgan fingerprint density at radius 3 is 2.30 bits per heavy atom. The van der Waals surface area contributed by atoms with Crippen molar-refractivity contribution in [3.05, 3.63) is 40.8 Å². The van der Waals surface area contributed by atoms with Crippen molar-refractivity contribution < 1.29 is 32.1 Å². The maximum absolute atomic E-state index is 9.64. The molecular weight excluding hydrogens is 470 g/mol. The highest BCUT2D eigenvalue weighted by atomic mass is 32.3. The van der Waals surface area contributed by atoms with Gasteiger partial charge in [-0.1, -0.05) is 0 Å². The summed E-state index contributed by atoms with van der Waals surface area (Å²) in [6.07, 6.45) is 1.91. The van der Waals surface area contributed by atoms with E-state index in [9.17, 15) is 5.26 Å².